The fourth-order valence-electron chi connectivity index (χ4n) is 3.08. The summed E-state index contributed by atoms with van der Waals surface area (Å²) in [6.45, 7) is 0. The molecule has 1 fully saturated rings. The number of hydrogen-bond acceptors (Lipinski definition) is 5. The molecule has 0 aromatic heterocycles. The molecule has 1 spiro atoms. The van der Waals surface area contributed by atoms with Crippen molar-refractivity contribution in [1.82, 2.24) is 5.48 Å². The lowest BCUT2D eigenvalue weighted by Crippen LogP contribution is -2.40. The van der Waals surface area contributed by atoms with Crippen molar-refractivity contribution in [3.05, 3.63) is 66.0 Å². The van der Waals surface area contributed by atoms with Crippen LogP contribution in [0, 0.1) is 5.82 Å². The molecule has 2 aromatic carbocycles. The highest BCUT2D eigenvalue weighted by Crippen LogP contribution is 2.38. The summed E-state index contributed by atoms with van der Waals surface area (Å²) < 4.78 is 18.2. The van der Waals surface area contributed by atoms with E-state index in [-0.39, 0.29) is 6.42 Å². The second kappa shape index (κ2) is 5.96. The van der Waals surface area contributed by atoms with E-state index in [0.717, 1.165) is 10.5 Å². The topological polar surface area (TPSA) is 67.9 Å². The molecule has 2 amide bonds. The van der Waals surface area contributed by atoms with Crippen LogP contribution in [0.5, 0.6) is 5.75 Å². The van der Waals surface area contributed by atoms with Crippen LogP contribution in [-0.4, -0.2) is 24.5 Å². The Morgan fingerprint density at radius 2 is 1.81 bits per heavy atom. The van der Waals surface area contributed by atoms with Gasteiger partial charge in [-0.3, -0.25) is 19.9 Å². The Hall–Kier alpha value is -3.19. The number of hydrogen-bond donors (Lipinski definition) is 1. The molecule has 2 heterocycles. The van der Waals surface area contributed by atoms with E-state index in [0.29, 0.717) is 17.1 Å². The highest BCUT2D eigenvalue weighted by atomic mass is 19.1. The summed E-state index contributed by atoms with van der Waals surface area (Å²) in [6.07, 6.45) is 1.48. The quantitative estimate of drug-likeness (QED) is 0.858. The van der Waals surface area contributed by atoms with Crippen LogP contribution in [0.4, 0.5) is 10.1 Å². The summed E-state index contributed by atoms with van der Waals surface area (Å²) in [4.78, 5) is 31.8. The number of nitrogens with zero attached hydrogens (tertiary/aromatic N) is 1. The van der Waals surface area contributed by atoms with E-state index >= 15 is 0 Å². The van der Waals surface area contributed by atoms with Crippen molar-refractivity contribution in [3.63, 3.8) is 0 Å². The van der Waals surface area contributed by atoms with E-state index in [2.05, 4.69) is 5.48 Å². The second-order valence-electron chi connectivity index (χ2n) is 6.07. The van der Waals surface area contributed by atoms with Crippen molar-refractivity contribution >= 4 is 23.2 Å². The van der Waals surface area contributed by atoms with Crippen molar-refractivity contribution in [1.29, 1.82) is 0 Å². The average molecular weight is 354 g/mol. The Morgan fingerprint density at radius 1 is 1.12 bits per heavy atom. The molecule has 26 heavy (non-hydrogen) atoms. The molecule has 6 nitrogen and oxygen atoms in total. The van der Waals surface area contributed by atoms with E-state index in [9.17, 15) is 14.0 Å². The van der Waals surface area contributed by atoms with Crippen molar-refractivity contribution in [2.75, 3.05) is 12.0 Å². The minimum atomic E-state index is -1.40. The third kappa shape index (κ3) is 2.53. The maximum absolute atomic E-state index is 13.1. The zero-order valence-corrected chi connectivity index (χ0v) is 13.9. The van der Waals surface area contributed by atoms with Gasteiger partial charge >= 0.3 is 0 Å². The third-order valence-corrected chi connectivity index (χ3v) is 4.43. The van der Waals surface area contributed by atoms with Gasteiger partial charge in [0, 0.05) is 0 Å². The molecule has 132 valence electrons. The summed E-state index contributed by atoms with van der Waals surface area (Å²) in [7, 11) is 1.58. The average Bonchev–Trinajstić information content (AvgIpc) is 3.18. The van der Waals surface area contributed by atoms with Crippen LogP contribution >= 0.6 is 0 Å². The summed E-state index contributed by atoms with van der Waals surface area (Å²) in [6, 6.07) is 12.4. The Labute approximate surface area is 148 Å². The molecular formula is C19H15FN2O4. The van der Waals surface area contributed by atoms with Gasteiger partial charge in [-0.25, -0.2) is 9.29 Å². The number of anilines is 1. The largest absolute Gasteiger partial charge is 0.497 e. The van der Waals surface area contributed by atoms with Gasteiger partial charge in [0.2, 0.25) is 11.5 Å². The molecule has 4 rings (SSSR count). The molecule has 2 aliphatic heterocycles. The maximum Gasteiger partial charge on any atom is 0.273 e. The molecule has 0 unspecified atom stereocenters. The molecular weight excluding hydrogens is 339 g/mol. The second-order valence-corrected chi connectivity index (χ2v) is 6.07. The number of methoxy groups -OCH3 is 1. The normalized spacial score (nSPS) is 21.9. The van der Waals surface area contributed by atoms with Crippen molar-refractivity contribution < 1.29 is 23.6 Å². The molecule has 0 saturated carbocycles. The highest BCUT2D eigenvalue weighted by molar-refractivity contribution is 6.25. The molecule has 0 radical (unpaired) electrons. The van der Waals surface area contributed by atoms with Crippen LogP contribution < -0.4 is 15.1 Å². The molecule has 7 heteroatoms. The summed E-state index contributed by atoms with van der Waals surface area (Å²) in [5, 5.41) is 0. The summed E-state index contributed by atoms with van der Waals surface area (Å²) in [5.74, 6) is -0.652. The summed E-state index contributed by atoms with van der Waals surface area (Å²) >= 11 is 0. The number of imide groups is 1. The van der Waals surface area contributed by atoms with E-state index in [1.807, 2.05) is 12.1 Å². The monoisotopic (exact) mass is 354 g/mol. The molecule has 2 aromatic rings. The van der Waals surface area contributed by atoms with Gasteiger partial charge in [0.1, 0.15) is 11.6 Å². The zero-order valence-electron chi connectivity index (χ0n) is 13.9. The van der Waals surface area contributed by atoms with E-state index < -0.39 is 23.2 Å². The summed E-state index contributed by atoms with van der Waals surface area (Å²) in [5.41, 5.74) is 3.03. The van der Waals surface area contributed by atoms with Gasteiger partial charge in [-0.05, 0) is 60.2 Å². The molecule has 0 aliphatic carbocycles. The first-order valence-corrected chi connectivity index (χ1v) is 7.97. The van der Waals surface area contributed by atoms with E-state index in [1.54, 1.807) is 25.3 Å². The van der Waals surface area contributed by atoms with Crippen LogP contribution in [0.15, 0.2) is 54.6 Å². The van der Waals surface area contributed by atoms with Crippen molar-refractivity contribution in [2.45, 2.75) is 12.0 Å². The minimum Gasteiger partial charge on any atom is -0.497 e. The van der Waals surface area contributed by atoms with E-state index in [1.165, 1.54) is 24.3 Å². The van der Waals surface area contributed by atoms with Crippen molar-refractivity contribution in [3.8, 4) is 5.75 Å². The van der Waals surface area contributed by atoms with Crippen LogP contribution in [0.3, 0.4) is 0 Å². The lowest BCUT2D eigenvalue weighted by molar-refractivity contribution is -0.136. The highest BCUT2D eigenvalue weighted by Gasteiger charge is 2.55. The Morgan fingerprint density at radius 3 is 2.46 bits per heavy atom. The fourth-order valence-corrected chi connectivity index (χ4v) is 3.08. The predicted molar refractivity (Wildman–Crippen MR) is 91.4 cm³/mol. The Kier molecular flexibility index (Phi) is 3.73. The lowest BCUT2D eigenvalue weighted by atomic mass is 9.99. The van der Waals surface area contributed by atoms with Gasteiger partial charge in [-0.15, -0.1) is 0 Å². The molecule has 1 N–H and O–H groups in total. The Balaban J connectivity index is 1.65. The zero-order chi connectivity index (χ0) is 18.3. The van der Waals surface area contributed by atoms with Crippen LogP contribution in [-0.2, 0) is 14.4 Å². The van der Waals surface area contributed by atoms with Crippen LogP contribution in [0.2, 0.25) is 0 Å². The standard InChI is InChI=1S/C19H15FN2O4/c1-25-15-8-2-12(3-9-15)16-10-19(26-21-16)11-17(23)22(18(19)24)14-6-4-13(20)5-7-14/h2-10,21H,11H2,1H3/t19-/m0/s1. The SMILES string of the molecule is COc1ccc(C2=C[C@@]3(CC(=O)N(c4ccc(F)cc4)C3=O)ON2)cc1. The number of halogens is 1. The van der Waals surface area contributed by atoms with Crippen LogP contribution in [0.1, 0.15) is 12.0 Å². The van der Waals surface area contributed by atoms with Crippen molar-refractivity contribution in [2.24, 2.45) is 0 Å². The van der Waals surface area contributed by atoms with Gasteiger partial charge in [-0.1, -0.05) is 0 Å². The van der Waals surface area contributed by atoms with Gasteiger partial charge in [0.05, 0.1) is 24.9 Å². The first kappa shape index (κ1) is 16.3. The number of hydroxylamine groups is 1. The van der Waals surface area contributed by atoms with E-state index in [4.69, 9.17) is 9.57 Å². The molecule has 1 saturated heterocycles. The number of carbonyl (C=O) groups excluding carboxylic acids is 2. The minimum absolute atomic E-state index is 0.129. The maximum atomic E-state index is 13.1. The molecule has 2 aliphatic rings. The van der Waals surface area contributed by atoms with Gasteiger partial charge in [0.15, 0.2) is 0 Å². The van der Waals surface area contributed by atoms with Gasteiger partial charge < -0.3 is 4.74 Å². The van der Waals surface area contributed by atoms with Crippen LogP contribution in [0.25, 0.3) is 5.70 Å². The lowest BCUT2D eigenvalue weighted by Gasteiger charge is -2.18. The first-order valence-electron chi connectivity index (χ1n) is 7.97. The Bertz CT molecular complexity index is 908. The number of nitrogens with one attached hydrogen (secondary N) is 1. The first-order chi connectivity index (χ1) is 12.5. The fraction of sp³-hybridized carbons (Fsp3) is 0.158. The number of amides is 2. The number of carbonyl (C=O) groups is 2. The predicted octanol–water partition coefficient (Wildman–Crippen LogP) is 2.41. The molecule has 1 atom stereocenters. The van der Waals surface area contributed by atoms with Gasteiger partial charge in [0.25, 0.3) is 5.91 Å². The van der Waals surface area contributed by atoms with Gasteiger partial charge in [-0.2, -0.15) is 0 Å². The molecule has 0 bridgehead atoms. The smallest absolute Gasteiger partial charge is 0.273 e. The number of rotatable bonds is 3. The number of ether oxygens (including phenoxy) is 1. The number of benzene rings is 2. The third-order valence-electron chi connectivity index (χ3n) is 4.43.